The molecule has 3 nitrogen and oxygen atoms in total. The van der Waals surface area contributed by atoms with E-state index in [0.717, 1.165) is 9.13 Å². The summed E-state index contributed by atoms with van der Waals surface area (Å²) in [6.07, 6.45) is 0. The molecule has 0 heterocycles. The number of amides is 1. The highest BCUT2D eigenvalue weighted by molar-refractivity contribution is 14.1. The molecule has 0 aromatic heterocycles. The average Bonchev–Trinajstić information content (AvgIpc) is 2.47. The van der Waals surface area contributed by atoms with Crippen molar-refractivity contribution in [1.29, 1.82) is 0 Å². The van der Waals surface area contributed by atoms with Gasteiger partial charge in [0.25, 0.3) is 5.91 Å². The first-order chi connectivity index (χ1) is 10.1. The lowest BCUT2D eigenvalue weighted by Crippen LogP contribution is -2.28. The van der Waals surface area contributed by atoms with Gasteiger partial charge in [-0.3, -0.25) is 4.79 Å². The fourth-order valence-electron chi connectivity index (χ4n) is 1.70. The van der Waals surface area contributed by atoms with Gasteiger partial charge in [0.1, 0.15) is 12.4 Å². The third kappa shape index (κ3) is 4.89. The summed E-state index contributed by atoms with van der Waals surface area (Å²) in [5, 5.41) is 3.49. The van der Waals surface area contributed by atoms with E-state index in [2.05, 4.69) is 27.9 Å². The number of carbonyl (C=O) groups excluding carboxylic acids is 1. The Bertz CT molecular complexity index is 629. The van der Waals surface area contributed by atoms with E-state index in [-0.39, 0.29) is 5.91 Å². The molecule has 0 bridgehead atoms. The minimum absolute atomic E-state index is 0.100. The molecule has 5 heteroatoms. The van der Waals surface area contributed by atoms with Crippen LogP contribution in [0.4, 0.5) is 0 Å². The molecule has 2 rings (SSSR count). The van der Waals surface area contributed by atoms with Gasteiger partial charge in [-0.05, 0) is 71.5 Å². The molecule has 1 amide bonds. The van der Waals surface area contributed by atoms with Crippen molar-refractivity contribution in [3.63, 3.8) is 0 Å². The second kappa shape index (κ2) is 7.66. The average molecular weight is 416 g/mol. The molecule has 0 aliphatic rings. The van der Waals surface area contributed by atoms with Crippen LogP contribution in [-0.2, 0) is 0 Å². The second-order valence-electron chi connectivity index (χ2n) is 4.52. The monoisotopic (exact) mass is 415 g/mol. The maximum Gasteiger partial charge on any atom is 0.251 e. The lowest BCUT2D eigenvalue weighted by atomic mass is 10.2. The maximum absolute atomic E-state index is 11.9. The van der Waals surface area contributed by atoms with Gasteiger partial charge < -0.3 is 10.1 Å². The number of hydrogen-bond donors (Lipinski definition) is 1. The highest BCUT2D eigenvalue weighted by Gasteiger charge is 2.04. The van der Waals surface area contributed by atoms with Crippen LogP contribution in [0.2, 0.25) is 5.02 Å². The van der Waals surface area contributed by atoms with E-state index in [1.807, 2.05) is 31.2 Å². The summed E-state index contributed by atoms with van der Waals surface area (Å²) >= 11 is 8.22. The summed E-state index contributed by atoms with van der Waals surface area (Å²) < 4.78 is 6.65. The Labute approximate surface area is 142 Å². The van der Waals surface area contributed by atoms with Gasteiger partial charge in [0.2, 0.25) is 0 Å². The standard InChI is InChI=1S/C16H15ClINO2/c1-11-2-7-14(10-15(11)17)21-9-8-19-16(20)12-3-5-13(18)6-4-12/h2-7,10H,8-9H2,1H3,(H,19,20). The van der Waals surface area contributed by atoms with Crippen molar-refractivity contribution in [3.8, 4) is 5.75 Å². The lowest BCUT2D eigenvalue weighted by molar-refractivity contribution is 0.0947. The van der Waals surface area contributed by atoms with Crippen LogP contribution in [0.3, 0.4) is 0 Å². The Hall–Kier alpha value is -1.27. The fraction of sp³-hybridized carbons (Fsp3) is 0.188. The molecule has 2 aromatic carbocycles. The van der Waals surface area contributed by atoms with Crippen LogP contribution in [0.15, 0.2) is 42.5 Å². The molecule has 0 aliphatic carbocycles. The largest absolute Gasteiger partial charge is 0.492 e. The van der Waals surface area contributed by atoms with Gasteiger partial charge in [0.15, 0.2) is 0 Å². The number of benzene rings is 2. The Morgan fingerprint density at radius 2 is 1.95 bits per heavy atom. The van der Waals surface area contributed by atoms with Crippen LogP contribution in [0.1, 0.15) is 15.9 Å². The topological polar surface area (TPSA) is 38.3 Å². The molecule has 0 saturated heterocycles. The van der Waals surface area contributed by atoms with E-state index in [4.69, 9.17) is 16.3 Å². The number of aryl methyl sites for hydroxylation is 1. The molecular formula is C16H15ClINO2. The van der Waals surface area contributed by atoms with Gasteiger partial charge in [0, 0.05) is 14.2 Å². The van der Waals surface area contributed by atoms with Crippen LogP contribution in [0.25, 0.3) is 0 Å². The van der Waals surface area contributed by atoms with Crippen LogP contribution >= 0.6 is 34.2 Å². The predicted molar refractivity (Wildman–Crippen MR) is 93.2 cm³/mol. The smallest absolute Gasteiger partial charge is 0.251 e. The molecule has 110 valence electrons. The zero-order chi connectivity index (χ0) is 15.2. The fourth-order valence-corrected chi connectivity index (χ4v) is 2.23. The van der Waals surface area contributed by atoms with Gasteiger partial charge in [-0.15, -0.1) is 0 Å². The maximum atomic E-state index is 11.9. The van der Waals surface area contributed by atoms with Crippen molar-refractivity contribution in [3.05, 3.63) is 62.2 Å². The summed E-state index contributed by atoms with van der Waals surface area (Å²) in [4.78, 5) is 11.9. The van der Waals surface area contributed by atoms with E-state index in [1.165, 1.54) is 0 Å². The van der Waals surface area contributed by atoms with Gasteiger partial charge in [0.05, 0.1) is 6.54 Å². The minimum atomic E-state index is -0.100. The number of nitrogens with one attached hydrogen (secondary N) is 1. The number of carbonyl (C=O) groups is 1. The van der Waals surface area contributed by atoms with Gasteiger partial charge >= 0.3 is 0 Å². The highest BCUT2D eigenvalue weighted by atomic mass is 127. The molecule has 0 radical (unpaired) electrons. The molecule has 21 heavy (non-hydrogen) atoms. The van der Waals surface area contributed by atoms with Crippen molar-refractivity contribution >= 4 is 40.1 Å². The first-order valence-electron chi connectivity index (χ1n) is 6.49. The molecule has 0 unspecified atom stereocenters. The Kier molecular flexibility index (Phi) is 5.87. The first kappa shape index (κ1) is 16.1. The molecule has 0 atom stereocenters. The summed E-state index contributed by atoms with van der Waals surface area (Å²) in [5.74, 6) is 0.603. The number of hydrogen-bond acceptors (Lipinski definition) is 2. The zero-order valence-corrected chi connectivity index (χ0v) is 14.4. The molecular weight excluding hydrogens is 401 g/mol. The van der Waals surface area contributed by atoms with Crippen LogP contribution < -0.4 is 10.1 Å². The zero-order valence-electron chi connectivity index (χ0n) is 11.5. The third-order valence-corrected chi connectivity index (χ3v) is 4.03. The van der Waals surface area contributed by atoms with Crippen molar-refractivity contribution in [1.82, 2.24) is 5.32 Å². The Balaban J connectivity index is 1.77. The lowest BCUT2D eigenvalue weighted by Gasteiger charge is -2.09. The van der Waals surface area contributed by atoms with Crippen molar-refractivity contribution in [2.24, 2.45) is 0 Å². The molecule has 2 aromatic rings. The molecule has 1 N–H and O–H groups in total. The molecule has 0 spiro atoms. The summed E-state index contributed by atoms with van der Waals surface area (Å²) in [6.45, 7) is 2.78. The quantitative estimate of drug-likeness (QED) is 0.591. The summed E-state index contributed by atoms with van der Waals surface area (Å²) in [5.41, 5.74) is 1.66. The van der Waals surface area contributed by atoms with Crippen LogP contribution in [-0.4, -0.2) is 19.1 Å². The number of ether oxygens (including phenoxy) is 1. The second-order valence-corrected chi connectivity index (χ2v) is 6.18. The minimum Gasteiger partial charge on any atom is -0.492 e. The third-order valence-electron chi connectivity index (χ3n) is 2.91. The van der Waals surface area contributed by atoms with Crippen molar-refractivity contribution in [2.75, 3.05) is 13.2 Å². The SMILES string of the molecule is Cc1ccc(OCCNC(=O)c2ccc(I)cc2)cc1Cl. The molecule has 0 saturated carbocycles. The van der Waals surface area contributed by atoms with Crippen LogP contribution in [0, 0.1) is 10.5 Å². The van der Waals surface area contributed by atoms with Gasteiger partial charge in [-0.25, -0.2) is 0 Å². The van der Waals surface area contributed by atoms with Crippen LogP contribution in [0.5, 0.6) is 5.75 Å². The summed E-state index contributed by atoms with van der Waals surface area (Å²) in [7, 11) is 0. The van der Waals surface area contributed by atoms with Gasteiger partial charge in [-0.2, -0.15) is 0 Å². The highest BCUT2D eigenvalue weighted by Crippen LogP contribution is 2.21. The van der Waals surface area contributed by atoms with E-state index in [0.29, 0.717) is 29.5 Å². The van der Waals surface area contributed by atoms with Crippen molar-refractivity contribution in [2.45, 2.75) is 6.92 Å². The number of rotatable bonds is 5. The normalized spacial score (nSPS) is 10.2. The van der Waals surface area contributed by atoms with Crippen molar-refractivity contribution < 1.29 is 9.53 Å². The van der Waals surface area contributed by atoms with E-state index in [1.54, 1.807) is 18.2 Å². The van der Waals surface area contributed by atoms with E-state index >= 15 is 0 Å². The molecule has 0 fully saturated rings. The van der Waals surface area contributed by atoms with E-state index in [9.17, 15) is 4.79 Å². The molecule has 0 aliphatic heterocycles. The number of halogens is 2. The Morgan fingerprint density at radius 3 is 2.62 bits per heavy atom. The Morgan fingerprint density at radius 1 is 1.24 bits per heavy atom. The predicted octanol–water partition coefficient (Wildman–Crippen LogP) is 4.06. The summed E-state index contributed by atoms with van der Waals surface area (Å²) in [6, 6.07) is 13.0. The van der Waals surface area contributed by atoms with E-state index < -0.39 is 0 Å². The van der Waals surface area contributed by atoms with Gasteiger partial charge in [-0.1, -0.05) is 17.7 Å². The first-order valence-corrected chi connectivity index (χ1v) is 7.94.